The maximum Gasteiger partial charge on any atom is 0.0562 e. The summed E-state index contributed by atoms with van der Waals surface area (Å²) in [6, 6.07) is 58.4. The average molecular weight is 730 g/mol. The van der Waals surface area contributed by atoms with Crippen LogP contribution in [0.1, 0.15) is 31.2 Å². The van der Waals surface area contributed by atoms with Gasteiger partial charge in [-0.3, -0.25) is 0 Å². The lowest BCUT2D eigenvalue weighted by atomic mass is 9.87. The molecule has 0 amide bonds. The third-order valence-electron chi connectivity index (χ3n) is 12.4. The van der Waals surface area contributed by atoms with Crippen molar-refractivity contribution < 1.29 is 0 Å². The van der Waals surface area contributed by atoms with Gasteiger partial charge in [-0.2, -0.15) is 0 Å². The molecule has 0 aliphatic heterocycles. The first-order valence-corrected chi connectivity index (χ1v) is 20.2. The summed E-state index contributed by atoms with van der Waals surface area (Å²) in [4.78, 5) is 0. The molecule has 0 atom stereocenters. The Morgan fingerprint density at radius 1 is 0.386 bits per heavy atom. The lowest BCUT2D eigenvalue weighted by Crippen LogP contribution is -2.00. The molecule has 3 nitrogen and oxygen atoms in total. The monoisotopic (exact) mass is 729 g/mol. The van der Waals surface area contributed by atoms with Gasteiger partial charge in [0, 0.05) is 43.7 Å². The summed E-state index contributed by atoms with van der Waals surface area (Å²) in [7, 11) is 0. The molecule has 12 rings (SSSR count). The quantitative estimate of drug-likeness (QED) is 0.168. The normalized spacial score (nSPS) is 14.6. The zero-order valence-corrected chi connectivity index (χ0v) is 31.6. The summed E-state index contributed by atoms with van der Waals surface area (Å²) in [5, 5.41) is 7.55. The van der Waals surface area contributed by atoms with E-state index >= 15 is 0 Å². The summed E-state index contributed by atoms with van der Waals surface area (Å²) < 4.78 is 7.40. The van der Waals surface area contributed by atoms with Gasteiger partial charge in [-0.25, -0.2) is 0 Å². The second-order valence-corrected chi connectivity index (χ2v) is 15.5. The lowest BCUT2D eigenvalue weighted by Gasteiger charge is -2.19. The van der Waals surface area contributed by atoms with Gasteiger partial charge in [0.05, 0.1) is 38.8 Å². The predicted molar refractivity (Wildman–Crippen MR) is 241 cm³/mol. The molecule has 3 aromatic heterocycles. The molecule has 0 radical (unpaired) electrons. The molecule has 2 aliphatic carbocycles. The molecule has 0 bridgehead atoms. The van der Waals surface area contributed by atoms with Crippen molar-refractivity contribution in [1.29, 1.82) is 0 Å². The first-order chi connectivity index (χ1) is 28.3. The van der Waals surface area contributed by atoms with Crippen LogP contribution in [0.25, 0.3) is 88.1 Å². The molecule has 270 valence electrons. The minimum Gasteiger partial charge on any atom is -0.309 e. The van der Waals surface area contributed by atoms with Crippen LogP contribution in [0.5, 0.6) is 0 Å². The van der Waals surface area contributed by atoms with Gasteiger partial charge < -0.3 is 13.7 Å². The van der Waals surface area contributed by atoms with Crippen LogP contribution < -0.4 is 0 Å². The molecule has 0 unspecified atom stereocenters. The smallest absolute Gasteiger partial charge is 0.0562 e. The highest BCUT2D eigenvalue weighted by atomic mass is 15.0. The molecule has 3 heteroatoms. The van der Waals surface area contributed by atoms with Crippen molar-refractivity contribution in [2.45, 2.75) is 25.7 Å². The first kappa shape index (κ1) is 32.2. The Kier molecular flexibility index (Phi) is 7.18. The standard InChI is InChI=1S/C54H39N3/c1-2-15-36(16-3-1)37-17-12-18-38(33-37)39-19-13-20-40(34-39)56-47-25-8-4-23-44(47)45-32-31-41(35-53(45)56)55-50-28-11-7-24-46(50)54-51(55)29-14-30-52(54)57-48-26-9-5-21-42(48)43-22-6-10-27-49(43)57/h2,4-11,13-32,34-35H,1,3,12,33H2. The van der Waals surface area contributed by atoms with E-state index in [1.807, 2.05) is 0 Å². The third-order valence-corrected chi connectivity index (χ3v) is 12.4. The van der Waals surface area contributed by atoms with Crippen molar-refractivity contribution >= 4 is 71.0 Å². The number of aromatic nitrogens is 3. The topological polar surface area (TPSA) is 14.8 Å². The highest BCUT2D eigenvalue weighted by Gasteiger charge is 2.21. The minimum atomic E-state index is 0.960. The molecular formula is C54H39N3. The molecule has 3 heterocycles. The summed E-state index contributed by atoms with van der Waals surface area (Å²) >= 11 is 0. The molecule has 10 aromatic rings. The summed E-state index contributed by atoms with van der Waals surface area (Å²) in [6.07, 6.45) is 16.1. The summed E-state index contributed by atoms with van der Waals surface area (Å²) in [5.74, 6) is 0. The number of hydrogen-bond donors (Lipinski definition) is 0. The molecular weight excluding hydrogens is 691 g/mol. The predicted octanol–water partition coefficient (Wildman–Crippen LogP) is 14.4. The maximum absolute atomic E-state index is 2.47. The Morgan fingerprint density at radius 3 is 1.68 bits per heavy atom. The molecule has 2 aliphatic rings. The zero-order chi connectivity index (χ0) is 37.5. The van der Waals surface area contributed by atoms with Crippen LogP contribution in [0.4, 0.5) is 0 Å². The second-order valence-electron chi connectivity index (χ2n) is 15.5. The van der Waals surface area contributed by atoms with Crippen LogP contribution in [0.3, 0.4) is 0 Å². The first-order valence-electron chi connectivity index (χ1n) is 20.2. The average Bonchev–Trinajstić information content (AvgIpc) is 3.92. The molecule has 0 saturated heterocycles. The van der Waals surface area contributed by atoms with E-state index < -0.39 is 0 Å². The van der Waals surface area contributed by atoms with E-state index in [9.17, 15) is 0 Å². The number of fused-ring (bicyclic) bond motifs is 9. The highest BCUT2D eigenvalue weighted by Crippen LogP contribution is 2.42. The zero-order valence-electron chi connectivity index (χ0n) is 31.6. The lowest BCUT2D eigenvalue weighted by molar-refractivity contribution is 1.01. The highest BCUT2D eigenvalue weighted by molar-refractivity contribution is 6.17. The SMILES string of the molecule is C1=CC(C2=CCC=C(c3cccc(-n4c5ccccc5c5ccc(-n6c7ccccc7c7c(-n8c9ccccc9c9ccccc98)cccc76)cc54)c3)C2)=CCC1. The third kappa shape index (κ3) is 4.92. The van der Waals surface area contributed by atoms with E-state index in [1.165, 1.54) is 99.1 Å². The van der Waals surface area contributed by atoms with E-state index in [0.29, 0.717) is 0 Å². The van der Waals surface area contributed by atoms with Crippen LogP contribution in [-0.2, 0) is 0 Å². The van der Waals surface area contributed by atoms with Crippen LogP contribution in [0.15, 0.2) is 199 Å². The fourth-order valence-corrected chi connectivity index (χ4v) is 9.85. The molecule has 0 saturated carbocycles. The van der Waals surface area contributed by atoms with Crippen molar-refractivity contribution in [2.24, 2.45) is 0 Å². The van der Waals surface area contributed by atoms with E-state index in [0.717, 1.165) is 31.4 Å². The maximum atomic E-state index is 2.47. The Hall–Kier alpha value is -7.10. The van der Waals surface area contributed by atoms with Gasteiger partial charge in [-0.15, -0.1) is 0 Å². The largest absolute Gasteiger partial charge is 0.309 e. The number of rotatable bonds is 5. The van der Waals surface area contributed by atoms with Gasteiger partial charge in [0.2, 0.25) is 0 Å². The molecule has 57 heavy (non-hydrogen) atoms. The van der Waals surface area contributed by atoms with Crippen molar-refractivity contribution in [2.75, 3.05) is 0 Å². The molecule has 0 spiro atoms. The van der Waals surface area contributed by atoms with Crippen LogP contribution in [0.2, 0.25) is 0 Å². The van der Waals surface area contributed by atoms with Crippen molar-refractivity contribution in [1.82, 2.24) is 13.7 Å². The fraction of sp³-hybridized carbons (Fsp3) is 0.0741. The molecule has 0 N–H and O–H groups in total. The van der Waals surface area contributed by atoms with E-state index in [1.54, 1.807) is 0 Å². The van der Waals surface area contributed by atoms with Crippen molar-refractivity contribution in [3.63, 3.8) is 0 Å². The van der Waals surface area contributed by atoms with Crippen LogP contribution >= 0.6 is 0 Å². The summed E-state index contributed by atoms with van der Waals surface area (Å²) in [5.41, 5.74) is 16.3. The Morgan fingerprint density at radius 2 is 0.965 bits per heavy atom. The fourth-order valence-electron chi connectivity index (χ4n) is 9.85. The minimum absolute atomic E-state index is 0.960. The van der Waals surface area contributed by atoms with Crippen molar-refractivity contribution in [3.05, 3.63) is 205 Å². The Balaban J connectivity index is 1.05. The van der Waals surface area contributed by atoms with E-state index in [4.69, 9.17) is 0 Å². The number of para-hydroxylation sites is 4. The van der Waals surface area contributed by atoms with E-state index in [2.05, 4.69) is 202 Å². The van der Waals surface area contributed by atoms with Gasteiger partial charge >= 0.3 is 0 Å². The van der Waals surface area contributed by atoms with Gasteiger partial charge in [-0.1, -0.05) is 127 Å². The Labute approximate surface area is 331 Å². The van der Waals surface area contributed by atoms with Gasteiger partial charge in [0.15, 0.2) is 0 Å². The Bertz CT molecular complexity index is 3350. The van der Waals surface area contributed by atoms with Gasteiger partial charge in [-0.05, 0) is 109 Å². The number of hydrogen-bond acceptors (Lipinski definition) is 0. The van der Waals surface area contributed by atoms with E-state index in [-0.39, 0.29) is 0 Å². The second kappa shape index (κ2) is 12.7. The number of allylic oxidation sites excluding steroid dienone is 8. The van der Waals surface area contributed by atoms with Crippen molar-refractivity contribution in [3.8, 4) is 17.1 Å². The van der Waals surface area contributed by atoms with Gasteiger partial charge in [0.1, 0.15) is 0 Å². The number of benzene rings is 7. The van der Waals surface area contributed by atoms with Crippen LogP contribution in [0, 0.1) is 0 Å². The molecule has 0 fully saturated rings. The summed E-state index contributed by atoms with van der Waals surface area (Å²) in [6.45, 7) is 0. The number of nitrogens with zero attached hydrogens (tertiary/aromatic N) is 3. The van der Waals surface area contributed by atoms with Gasteiger partial charge in [0.25, 0.3) is 0 Å². The molecule has 7 aromatic carbocycles. The van der Waals surface area contributed by atoms with Crippen LogP contribution in [-0.4, -0.2) is 13.7 Å².